The number of benzene rings is 2. The second kappa shape index (κ2) is 9.34. The lowest BCUT2D eigenvalue weighted by molar-refractivity contribution is -0.232. The number of thiophene rings is 1. The summed E-state index contributed by atoms with van der Waals surface area (Å²) in [6.45, 7) is 0.194. The van der Waals surface area contributed by atoms with E-state index in [0.29, 0.717) is 6.54 Å². The van der Waals surface area contributed by atoms with Gasteiger partial charge < -0.3 is 30.1 Å². The molecule has 0 aliphatic carbocycles. The predicted molar refractivity (Wildman–Crippen MR) is 121 cm³/mol. The van der Waals surface area contributed by atoms with Crippen LogP contribution in [-0.4, -0.2) is 70.4 Å². The third-order valence-corrected chi connectivity index (χ3v) is 6.87. The van der Waals surface area contributed by atoms with Crippen LogP contribution >= 0.6 is 11.3 Å². The Hall–Kier alpha value is -1.84. The number of fused-ring (bicyclic) bond motifs is 1. The summed E-state index contributed by atoms with van der Waals surface area (Å²) in [4.78, 5) is 3.26. The van der Waals surface area contributed by atoms with E-state index in [1.165, 1.54) is 15.0 Å². The molecule has 31 heavy (non-hydrogen) atoms. The zero-order chi connectivity index (χ0) is 22.1. The minimum atomic E-state index is -1.39. The molecule has 2 heterocycles. The Morgan fingerprint density at radius 1 is 0.968 bits per heavy atom. The summed E-state index contributed by atoms with van der Waals surface area (Å²) in [6.07, 6.45) is -5.08. The van der Waals surface area contributed by atoms with E-state index in [2.05, 4.69) is 24.3 Å². The number of aliphatic hydroxyl groups excluding tert-OH is 4. The highest BCUT2D eigenvalue weighted by molar-refractivity contribution is 7.19. The molecule has 0 unspecified atom stereocenters. The third-order valence-electron chi connectivity index (χ3n) is 5.75. The Labute approximate surface area is 186 Å². The van der Waals surface area contributed by atoms with Crippen LogP contribution in [-0.2, 0) is 17.7 Å². The Morgan fingerprint density at radius 2 is 1.74 bits per heavy atom. The van der Waals surface area contributed by atoms with Gasteiger partial charge >= 0.3 is 0 Å². The van der Waals surface area contributed by atoms with E-state index in [1.54, 1.807) is 11.3 Å². The molecule has 2 aromatic carbocycles. The van der Waals surface area contributed by atoms with E-state index in [-0.39, 0.29) is 0 Å². The van der Waals surface area contributed by atoms with Gasteiger partial charge in [0.2, 0.25) is 0 Å². The average molecular weight is 444 g/mol. The molecule has 1 aliphatic heterocycles. The van der Waals surface area contributed by atoms with Crippen LogP contribution in [0, 0.1) is 0 Å². The second-order valence-electron chi connectivity index (χ2n) is 8.45. The maximum absolute atomic E-state index is 10.7. The van der Waals surface area contributed by atoms with Crippen LogP contribution < -0.4 is 0 Å². The molecule has 3 aromatic rings. The van der Waals surface area contributed by atoms with Crippen LogP contribution in [0.1, 0.15) is 27.7 Å². The Balaban J connectivity index is 1.68. The summed E-state index contributed by atoms with van der Waals surface area (Å²) in [5.74, 6) is 0. The van der Waals surface area contributed by atoms with Gasteiger partial charge in [0.1, 0.15) is 30.5 Å². The minimum absolute atomic E-state index is 0.439. The number of aliphatic hydroxyl groups is 4. The van der Waals surface area contributed by atoms with Gasteiger partial charge in [-0.15, -0.1) is 11.3 Å². The molecule has 7 heteroatoms. The number of hydrogen-bond donors (Lipinski definition) is 4. The van der Waals surface area contributed by atoms with Crippen LogP contribution in [0.2, 0.25) is 0 Å². The first-order chi connectivity index (χ1) is 14.9. The minimum Gasteiger partial charge on any atom is -0.394 e. The van der Waals surface area contributed by atoms with Gasteiger partial charge in [-0.1, -0.05) is 36.4 Å². The molecule has 1 saturated heterocycles. The fourth-order valence-electron chi connectivity index (χ4n) is 4.19. The molecular weight excluding hydrogens is 414 g/mol. The zero-order valence-electron chi connectivity index (χ0n) is 17.7. The molecule has 5 atom stereocenters. The van der Waals surface area contributed by atoms with Crippen molar-refractivity contribution >= 4 is 21.4 Å². The molecule has 1 aliphatic rings. The van der Waals surface area contributed by atoms with Crippen molar-refractivity contribution in [3.05, 3.63) is 70.1 Å². The van der Waals surface area contributed by atoms with E-state index in [4.69, 9.17) is 4.74 Å². The lowest BCUT2D eigenvalue weighted by Gasteiger charge is -2.41. The highest BCUT2D eigenvalue weighted by Gasteiger charge is 2.44. The van der Waals surface area contributed by atoms with Crippen LogP contribution in [0.25, 0.3) is 10.1 Å². The first-order valence-electron chi connectivity index (χ1n) is 10.4. The molecule has 0 spiro atoms. The second-order valence-corrected chi connectivity index (χ2v) is 9.62. The van der Waals surface area contributed by atoms with Crippen LogP contribution in [0.4, 0.5) is 0 Å². The van der Waals surface area contributed by atoms with Gasteiger partial charge in [-0.25, -0.2) is 0 Å². The van der Waals surface area contributed by atoms with Gasteiger partial charge in [0.15, 0.2) is 0 Å². The zero-order valence-corrected chi connectivity index (χ0v) is 18.5. The molecule has 4 rings (SSSR count). The summed E-state index contributed by atoms with van der Waals surface area (Å²) in [7, 11) is 3.92. The molecule has 4 N–H and O–H groups in total. The first kappa shape index (κ1) is 22.4. The molecule has 0 radical (unpaired) electrons. The van der Waals surface area contributed by atoms with Gasteiger partial charge in [-0.05, 0) is 48.3 Å². The van der Waals surface area contributed by atoms with E-state index in [0.717, 1.165) is 23.1 Å². The first-order valence-corrected chi connectivity index (χ1v) is 11.2. The van der Waals surface area contributed by atoms with Crippen molar-refractivity contribution in [2.75, 3.05) is 20.7 Å². The van der Waals surface area contributed by atoms with Crippen LogP contribution in [0.3, 0.4) is 0 Å². The third kappa shape index (κ3) is 4.68. The smallest absolute Gasteiger partial charge is 0.113 e. The van der Waals surface area contributed by atoms with Crippen molar-refractivity contribution < 1.29 is 25.2 Å². The molecular formula is C24H29NO5S. The maximum Gasteiger partial charge on any atom is 0.113 e. The standard InChI is InChI=1S/C24H29NO5S/c1-25(2)12-16-8-7-14(9-17-11-15-5-3-4-6-20(15)31-17)10-18(16)24-23(29)22(28)21(27)19(13-26)30-24/h3-8,10-11,19,21-24,26-29H,9,12-13H2,1-2H3/t19-,21-,22+,23-,24+/m1/s1. The monoisotopic (exact) mass is 443 g/mol. The van der Waals surface area contributed by atoms with Crippen molar-refractivity contribution in [1.82, 2.24) is 4.90 Å². The molecule has 1 aromatic heterocycles. The number of hydrogen-bond acceptors (Lipinski definition) is 7. The molecule has 6 nitrogen and oxygen atoms in total. The Kier molecular flexibility index (Phi) is 6.74. The summed E-state index contributed by atoms with van der Waals surface area (Å²) in [5.41, 5.74) is 2.81. The maximum atomic E-state index is 10.7. The van der Waals surface area contributed by atoms with E-state index >= 15 is 0 Å². The Morgan fingerprint density at radius 3 is 2.45 bits per heavy atom. The summed E-state index contributed by atoms with van der Waals surface area (Å²) in [5, 5.41) is 41.9. The van der Waals surface area contributed by atoms with Gasteiger partial charge in [0.05, 0.1) is 6.61 Å². The van der Waals surface area contributed by atoms with E-state index < -0.39 is 37.1 Å². The van der Waals surface area contributed by atoms with Gasteiger partial charge in [-0.2, -0.15) is 0 Å². The topological polar surface area (TPSA) is 93.4 Å². The Bertz CT molecular complexity index is 1000. The average Bonchev–Trinajstić information content (AvgIpc) is 3.15. The SMILES string of the molecule is CN(C)Cc1ccc(Cc2cc3ccccc3s2)cc1[C@@H]1O[C@H](CO)[C@@H](O)[C@H](O)[C@H]1O. The van der Waals surface area contributed by atoms with Crippen molar-refractivity contribution in [3.63, 3.8) is 0 Å². The van der Waals surface area contributed by atoms with E-state index in [9.17, 15) is 20.4 Å². The van der Waals surface area contributed by atoms with Crippen molar-refractivity contribution in [2.45, 2.75) is 43.5 Å². The largest absolute Gasteiger partial charge is 0.394 e. The molecule has 0 amide bonds. The molecule has 0 bridgehead atoms. The van der Waals surface area contributed by atoms with Gasteiger partial charge in [-0.3, -0.25) is 0 Å². The quantitative estimate of drug-likeness (QED) is 0.466. The number of rotatable bonds is 6. The van der Waals surface area contributed by atoms with Gasteiger partial charge in [0.25, 0.3) is 0 Å². The summed E-state index contributed by atoms with van der Waals surface area (Å²) >= 11 is 1.76. The normalized spacial score (nSPS) is 26.6. The van der Waals surface area contributed by atoms with Crippen LogP contribution in [0.5, 0.6) is 0 Å². The predicted octanol–water partition coefficient (Wildman–Crippen LogP) is 2.07. The lowest BCUT2D eigenvalue weighted by atomic mass is 9.88. The fraction of sp³-hybridized carbons (Fsp3) is 0.417. The highest BCUT2D eigenvalue weighted by atomic mass is 32.1. The fourth-order valence-corrected chi connectivity index (χ4v) is 5.29. The molecule has 1 fully saturated rings. The number of ether oxygens (including phenoxy) is 1. The van der Waals surface area contributed by atoms with Crippen molar-refractivity contribution in [2.24, 2.45) is 0 Å². The van der Waals surface area contributed by atoms with Crippen LogP contribution in [0.15, 0.2) is 48.5 Å². The highest BCUT2D eigenvalue weighted by Crippen LogP contribution is 2.36. The van der Waals surface area contributed by atoms with Gasteiger partial charge in [0, 0.05) is 22.5 Å². The van der Waals surface area contributed by atoms with E-state index in [1.807, 2.05) is 43.3 Å². The van der Waals surface area contributed by atoms with Crippen molar-refractivity contribution in [1.29, 1.82) is 0 Å². The summed E-state index contributed by atoms with van der Waals surface area (Å²) in [6, 6.07) is 16.6. The molecule has 166 valence electrons. The molecule has 0 saturated carbocycles. The number of nitrogens with zero attached hydrogens (tertiary/aromatic N) is 1. The van der Waals surface area contributed by atoms with Crippen molar-refractivity contribution in [3.8, 4) is 0 Å². The lowest BCUT2D eigenvalue weighted by Crippen LogP contribution is -2.55. The summed E-state index contributed by atoms with van der Waals surface area (Å²) < 4.78 is 7.11.